The fourth-order valence-corrected chi connectivity index (χ4v) is 3.01. The Morgan fingerprint density at radius 2 is 1.33 bits per heavy atom. The summed E-state index contributed by atoms with van der Waals surface area (Å²) in [5, 5.41) is 5.65. The normalized spacial score (nSPS) is 10.1. The maximum Gasteiger partial charge on any atom is 0.259 e. The molecule has 0 atom stereocenters. The molecule has 0 saturated carbocycles. The third-order valence-corrected chi connectivity index (χ3v) is 4.54. The van der Waals surface area contributed by atoms with Crippen LogP contribution < -0.4 is 15.4 Å². The van der Waals surface area contributed by atoms with E-state index in [2.05, 4.69) is 26.6 Å². The number of rotatable bonds is 5. The fraction of sp³-hybridized carbons (Fsp3) is 0.0476. The highest BCUT2D eigenvalue weighted by Crippen LogP contribution is 2.22. The van der Waals surface area contributed by atoms with Crippen molar-refractivity contribution in [3.8, 4) is 5.75 Å². The van der Waals surface area contributed by atoms with Gasteiger partial charge in [0.1, 0.15) is 5.75 Å². The van der Waals surface area contributed by atoms with Crippen LogP contribution in [0, 0.1) is 0 Å². The lowest BCUT2D eigenvalue weighted by molar-refractivity contribution is 0.101. The maximum atomic E-state index is 12.5. The fourth-order valence-electron chi connectivity index (χ4n) is 2.55. The minimum Gasteiger partial charge on any atom is -0.496 e. The second-order valence-electron chi connectivity index (χ2n) is 5.67. The lowest BCUT2D eigenvalue weighted by atomic mass is 10.1. The topological polar surface area (TPSA) is 67.4 Å². The SMILES string of the molecule is COc1ccccc1C(=O)Nc1cccc(NC(=O)c2ccccc2Br)c1. The number of nitrogens with one attached hydrogen (secondary N) is 2. The Kier molecular flexibility index (Phi) is 5.88. The van der Waals surface area contributed by atoms with E-state index in [0.29, 0.717) is 32.7 Å². The zero-order valence-electron chi connectivity index (χ0n) is 14.5. The highest BCUT2D eigenvalue weighted by molar-refractivity contribution is 9.10. The number of ether oxygens (including phenoxy) is 1. The predicted molar refractivity (Wildman–Crippen MR) is 109 cm³/mol. The predicted octanol–water partition coefficient (Wildman–Crippen LogP) is 4.96. The van der Waals surface area contributed by atoms with E-state index >= 15 is 0 Å². The second kappa shape index (κ2) is 8.51. The van der Waals surface area contributed by atoms with Crippen molar-refractivity contribution in [2.75, 3.05) is 17.7 Å². The molecule has 0 heterocycles. The van der Waals surface area contributed by atoms with Crippen LogP contribution in [0.4, 0.5) is 11.4 Å². The van der Waals surface area contributed by atoms with E-state index in [0.717, 1.165) is 0 Å². The van der Waals surface area contributed by atoms with Gasteiger partial charge in [-0.3, -0.25) is 9.59 Å². The quantitative estimate of drug-likeness (QED) is 0.607. The number of para-hydroxylation sites is 1. The van der Waals surface area contributed by atoms with Crippen LogP contribution >= 0.6 is 15.9 Å². The summed E-state index contributed by atoms with van der Waals surface area (Å²) in [6.45, 7) is 0. The van der Waals surface area contributed by atoms with Crippen molar-refractivity contribution < 1.29 is 14.3 Å². The molecule has 136 valence electrons. The van der Waals surface area contributed by atoms with E-state index < -0.39 is 0 Å². The van der Waals surface area contributed by atoms with Gasteiger partial charge < -0.3 is 15.4 Å². The molecular weight excluding hydrogens is 408 g/mol. The molecule has 3 rings (SSSR count). The molecular formula is C21H17BrN2O3. The lowest BCUT2D eigenvalue weighted by Crippen LogP contribution is -2.15. The van der Waals surface area contributed by atoms with Crippen molar-refractivity contribution in [1.29, 1.82) is 0 Å². The summed E-state index contributed by atoms with van der Waals surface area (Å²) < 4.78 is 5.93. The Morgan fingerprint density at radius 1 is 0.778 bits per heavy atom. The van der Waals surface area contributed by atoms with Crippen LogP contribution in [0.2, 0.25) is 0 Å². The average Bonchev–Trinajstić information content (AvgIpc) is 2.68. The summed E-state index contributed by atoms with van der Waals surface area (Å²) in [5.41, 5.74) is 2.10. The summed E-state index contributed by atoms with van der Waals surface area (Å²) in [6, 6.07) is 21.1. The van der Waals surface area contributed by atoms with Crippen molar-refractivity contribution in [3.63, 3.8) is 0 Å². The van der Waals surface area contributed by atoms with Crippen molar-refractivity contribution in [2.24, 2.45) is 0 Å². The third-order valence-electron chi connectivity index (χ3n) is 3.85. The summed E-state index contributed by atoms with van der Waals surface area (Å²) in [6.07, 6.45) is 0. The van der Waals surface area contributed by atoms with Gasteiger partial charge in [-0.2, -0.15) is 0 Å². The van der Waals surface area contributed by atoms with Crippen LogP contribution in [-0.4, -0.2) is 18.9 Å². The zero-order valence-corrected chi connectivity index (χ0v) is 16.1. The van der Waals surface area contributed by atoms with Crippen molar-refractivity contribution in [2.45, 2.75) is 0 Å². The van der Waals surface area contributed by atoms with E-state index in [9.17, 15) is 9.59 Å². The zero-order chi connectivity index (χ0) is 19.2. The van der Waals surface area contributed by atoms with Crippen LogP contribution in [0.1, 0.15) is 20.7 Å². The summed E-state index contributed by atoms with van der Waals surface area (Å²) in [4.78, 5) is 24.9. The molecule has 3 aromatic rings. The molecule has 0 saturated heterocycles. The van der Waals surface area contributed by atoms with Crippen LogP contribution in [0.25, 0.3) is 0 Å². The van der Waals surface area contributed by atoms with Gasteiger partial charge in [0.15, 0.2) is 0 Å². The number of amides is 2. The largest absolute Gasteiger partial charge is 0.496 e. The molecule has 6 heteroatoms. The van der Waals surface area contributed by atoms with Gasteiger partial charge in [-0.1, -0.05) is 30.3 Å². The van der Waals surface area contributed by atoms with Gasteiger partial charge in [0.05, 0.1) is 18.2 Å². The highest BCUT2D eigenvalue weighted by atomic mass is 79.9. The molecule has 0 aliphatic rings. The van der Waals surface area contributed by atoms with Crippen LogP contribution in [0.5, 0.6) is 5.75 Å². The van der Waals surface area contributed by atoms with Gasteiger partial charge in [-0.25, -0.2) is 0 Å². The molecule has 27 heavy (non-hydrogen) atoms. The minimum atomic E-state index is -0.290. The number of carbonyl (C=O) groups is 2. The maximum absolute atomic E-state index is 12.5. The number of benzene rings is 3. The Morgan fingerprint density at radius 3 is 1.96 bits per heavy atom. The summed E-state index contributed by atoms with van der Waals surface area (Å²) in [5.74, 6) is -0.0363. The number of hydrogen-bond acceptors (Lipinski definition) is 3. The molecule has 0 unspecified atom stereocenters. The van der Waals surface area contributed by atoms with Crippen molar-refractivity contribution in [1.82, 2.24) is 0 Å². The van der Waals surface area contributed by atoms with Crippen molar-refractivity contribution >= 4 is 39.1 Å². The molecule has 0 spiro atoms. The Hall–Kier alpha value is -3.12. The number of anilines is 2. The first-order valence-electron chi connectivity index (χ1n) is 8.19. The number of hydrogen-bond donors (Lipinski definition) is 2. The lowest BCUT2D eigenvalue weighted by Gasteiger charge is -2.11. The van der Waals surface area contributed by atoms with Crippen LogP contribution in [0.3, 0.4) is 0 Å². The third kappa shape index (κ3) is 4.54. The van der Waals surface area contributed by atoms with E-state index in [1.54, 1.807) is 66.7 Å². The smallest absolute Gasteiger partial charge is 0.259 e. The Balaban J connectivity index is 1.75. The first kappa shape index (κ1) is 18.7. The molecule has 2 amide bonds. The number of carbonyl (C=O) groups excluding carboxylic acids is 2. The molecule has 3 aromatic carbocycles. The molecule has 0 fully saturated rings. The Labute approximate surface area is 165 Å². The minimum absolute atomic E-state index is 0.240. The summed E-state index contributed by atoms with van der Waals surface area (Å²) >= 11 is 3.37. The molecule has 0 bridgehead atoms. The van der Waals surface area contributed by atoms with Gasteiger partial charge in [-0.15, -0.1) is 0 Å². The van der Waals surface area contributed by atoms with Gasteiger partial charge >= 0.3 is 0 Å². The van der Waals surface area contributed by atoms with Crippen molar-refractivity contribution in [3.05, 3.63) is 88.4 Å². The van der Waals surface area contributed by atoms with Crippen LogP contribution in [0.15, 0.2) is 77.3 Å². The molecule has 0 aromatic heterocycles. The van der Waals surface area contributed by atoms with Crippen LogP contribution in [-0.2, 0) is 0 Å². The number of methoxy groups -OCH3 is 1. The Bertz CT molecular complexity index is 988. The van der Waals surface area contributed by atoms with Gasteiger partial charge in [0, 0.05) is 15.8 Å². The van der Waals surface area contributed by atoms with E-state index in [-0.39, 0.29) is 11.8 Å². The first-order chi connectivity index (χ1) is 13.1. The van der Waals surface area contributed by atoms with E-state index in [4.69, 9.17) is 4.74 Å². The molecule has 2 N–H and O–H groups in total. The molecule has 0 radical (unpaired) electrons. The standard InChI is InChI=1S/C21H17BrN2O3/c1-27-19-12-5-3-10-17(19)21(26)24-15-8-6-7-14(13-15)23-20(25)16-9-2-4-11-18(16)22/h2-13H,1H3,(H,23,25)(H,24,26). The average molecular weight is 425 g/mol. The number of halogens is 1. The molecule has 5 nitrogen and oxygen atoms in total. The van der Waals surface area contributed by atoms with Gasteiger partial charge in [-0.05, 0) is 58.4 Å². The molecule has 0 aliphatic heterocycles. The second-order valence-corrected chi connectivity index (χ2v) is 6.52. The van der Waals surface area contributed by atoms with Gasteiger partial charge in [0.2, 0.25) is 0 Å². The summed E-state index contributed by atoms with van der Waals surface area (Å²) in [7, 11) is 1.52. The highest BCUT2D eigenvalue weighted by Gasteiger charge is 2.13. The first-order valence-corrected chi connectivity index (χ1v) is 8.98. The molecule has 0 aliphatic carbocycles. The monoisotopic (exact) mass is 424 g/mol. The van der Waals surface area contributed by atoms with Gasteiger partial charge in [0.25, 0.3) is 11.8 Å². The van der Waals surface area contributed by atoms with E-state index in [1.165, 1.54) is 7.11 Å². The van der Waals surface area contributed by atoms with E-state index in [1.807, 2.05) is 6.07 Å².